The second-order valence-electron chi connectivity index (χ2n) is 4.50. The smallest absolute Gasteiger partial charge is 0.276 e. The number of ether oxygens (including phenoxy) is 1. The first-order valence-corrected chi connectivity index (χ1v) is 8.56. The Morgan fingerprint density at radius 3 is 2.57 bits per heavy atom. The van der Waals surface area contributed by atoms with Crippen LogP contribution in [0.2, 0.25) is 10.0 Å². The molecule has 0 aliphatic carbocycles. The van der Waals surface area contributed by atoms with E-state index in [0.717, 1.165) is 11.3 Å². The lowest BCUT2D eigenvalue weighted by molar-refractivity contribution is 0.343. The van der Waals surface area contributed by atoms with Crippen molar-refractivity contribution in [2.75, 3.05) is 12.4 Å². The van der Waals surface area contributed by atoms with E-state index in [-0.39, 0.29) is 0 Å². The fraction of sp³-hybridized carbons (Fsp3) is 0.125. The van der Waals surface area contributed by atoms with Crippen LogP contribution in [-0.4, -0.2) is 22.6 Å². The standard InChI is InChI=1S/C16H12Cl2N2O2S/c17-11-5-7-12(8-6-11)21-9-10-23-16-20-19-15(22-16)13-3-1-2-4-14(13)18/h1-8H,9-10H2. The van der Waals surface area contributed by atoms with Crippen LogP contribution in [0.25, 0.3) is 11.5 Å². The van der Waals surface area contributed by atoms with Gasteiger partial charge in [0.1, 0.15) is 5.75 Å². The molecular weight excluding hydrogens is 355 g/mol. The fourth-order valence-corrected chi connectivity index (χ4v) is 2.75. The van der Waals surface area contributed by atoms with Crippen molar-refractivity contribution in [3.63, 3.8) is 0 Å². The molecule has 0 fully saturated rings. The summed E-state index contributed by atoms with van der Waals surface area (Å²) in [5.41, 5.74) is 0.728. The van der Waals surface area contributed by atoms with Crippen LogP contribution in [0.1, 0.15) is 0 Å². The van der Waals surface area contributed by atoms with E-state index in [1.165, 1.54) is 11.8 Å². The van der Waals surface area contributed by atoms with Gasteiger partial charge in [-0.15, -0.1) is 10.2 Å². The normalized spacial score (nSPS) is 10.7. The van der Waals surface area contributed by atoms with Crippen molar-refractivity contribution in [2.24, 2.45) is 0 Å². The molecule has 0 unspecified atom stereocenters. The maximum absolute atomic E-state index is 6.11. The number of benzene rings is 2. The number of thioether (sulfide) groups is 1. The van der Waals surface area contributed by atoms with Crippen molar-refractivity contribution in [1.29, 1.82) is 0 Å². The van der Waals surface area contributed by atoms with E-state index in [0.29, 0.717) is 33.5 Å². The van der Waals surface area contributed by atoms with Gasteiger partial charge in [0, 0.05) is 10.8 Å². The summed E-state index contributed by atoms with van der Waals surface area (Å²) >= 11 is 13.4. The number of nitrogens with zero attached hydrogens (tertiary/aromatic N) is 2. The summed E-state index contributed by atoms with van der Waals surface area (Å²) in [5.74, 6) is 1.88. The minimum atomic E-state index is 0.414. The van der Waals surface area contributed by atoms with Crippen molar-refractivity contribution < 1.29 is 9.15 Å². The molecule has 0 aliphatic rings. The van der Waals surface area contributed by atoms with E-state index in [1.807, 2.05) is 30.3 Å². The molecule has 0 atom stereocenters. The molecule has 1 heterocycles. The number of hydrogen-bond donors (Lipinski definition) is 0. The van der Waals surface area contributed by atoms with Crippen molar-refractivity contribution in [1.82, 2.24) is 10.2 Å². The lowest BCUT2D eigenvalue weighted by Gasteiger charge is -2.04. The van der Waals surface area contributed by atoms with E-state index in [2.05, 4.69) is 10.2 Å². The molecule has 0 amide bonds. The predicted octanol–water partition coefficient (Wildman–Crippen LogP) is 5.21. The summed E-state index contributed by atoms with van der Waals surface area (Å²) in [6.07, 6.45) is 0. The summed E-state index contributed by atoms with van der Waals surface area (Å²) in [6.45, 7) is 0.524. The maximum atomic E-state index is 6.11. The van der Waals surface area contributed by atoms with E-state index >= 15 is 0 Å². The van der Waals surface area contributed by atoms with Crippen LogP contribution < -0.4 is 4.74 Å². The SMILES string of the molecule is Clc1ccc(OCCSc2nnc(-c3ccccc3Cl)o2)cc1. The maximum Gasteiger partial charge on any atom is 0.276 e. The molecule has 0 radical (unpaired) electrons. The Morgan fingerprint density at radius 1 is 1.00 bits per heavy atom. The Kier molecular flexibility index (Phi) is 5.43. The van der Waals surface area contributed by atoms with Crippen LogP contribution in [0.3, 0.4) is 0 Å². The molecule has 3 aromatic rings. The zero-order chi connectivity index (χ0) is 16.1. The molecule has 0 bridgehead atoms. The first kappa shape index (κ1) is 16.2. The van der Waals surface area contributed by atoms with E-state index < -0.39 is 0 Å². The highest BCUT2D eigenvalue weighted by molar-refractivity contribution is 7.99. The first-order valence-electron chi connectivity index (χ1n) is 6.82. The van der Waals surface area contributed by atoms with Gasteiger partial charge in [-0.05, 0) is 36.4 Å². The van der Waals surface area contributed by atoms with E-state index in [4.69, 9.17) is 32.4 Å². The monoisotopic (exact) mass is 366 g/mol. The fourth-order valence-electron chi connectivity index (χ4n) is 1.83. The van der Waals surface area contributed by atoms with Crippen LogP contribution in [0, 0.1) is 0 Å². The Balaban J connectivity index is 1.52. The third kappa shape index (κ3) is 4.41. The van der Waals surface area contributed by atoms with Gasteiger partial charge in [-0.2, -0.15) is 0 Å². The summed E-state index contributed by atoms with van der Waals surface area (Å²) in [7, 11) is 0. The lowest BCUT2D eigenvalue weighted by Crippen LogP contribution is -1.99. The summed E-state index contributed by atoms with van der Waals surface area (Å²) < 4.78 is 11.2. The summed E-state index contributed by atoms with van der Waals surface area (Å²) in [6, 6.07) is 14.6. The Hall–Kier alpha value is -1.69. The Bertz CT molecular complexity index is 778. The molecular formula is C16H12Cl2N2O2S. The lowest BCUT2D eigenvalue weighted by atomic mass is 10.2. The van der Waals surface area contributed by atoms with E-state index in [1.54, 1.807) is 18.2 Å². The number of hydrogen-bond acceptors (Lipinski definition) is 5. The van der Waals surface area contributed by atoms with E-state index in [9.17, 15) is 0 Å². The summed E-state index contributed by atoms with van der Waals surface area (Å²) in [5, 5.41) is 9.77. The van der Waals surface area contributed by atoms with Crippen LogP contribution in [-0.2, 0) is 0 Å². The molecule has 1 aromatic heterocycles. The molecule has 118 valence electrons. The molecule has 3 rings (SSSR count). The zero-order valence-electron chi connectivity index (χ0n) is 11.9. The van der Waals surface area contributed by atoms with Crippen LogP contribution >= 0.6 is 35.0 Å². The quantitative estimate of drug-likeness (QED) is 0.442. The average Bonchev–Trinajstić information content (AvgIpc) is 3.02. The molecule has 0 N–H and O–H groups in total. The van der Waals surface area contributed by atoms with Gasteiger partial charge in [-0.1, -0.05) is 47.1 Å². The highest BCUT2D eigenvalue weighted by Gasteiger charge is 2.11. The van der Waals surface area contributed by atoms with Gasteiger partial charge in [0.25, 0.3) is 5.22 Å². The largest absolute Gasteiger partial charge is 0.493 e. The molecule has 0 saturated heterocycles. The predicted molar refractivity (Wildman–Crippen MR) is 92.4 cm³/mol. The molecule has 7 heteroatoms. The van der Waals surface area contributed by atoms with Crippen molar-refractivity contribution in [2.45, 2.75) is 5.22 Å². The molecule has 0 aliphatic heterocycles. The third-order valence-electron chi connectivity index (χ3n) is 2.90. The van der Waals surface area contributed by atoms with Crippen LogP contribution in [0.5, 0.6) is 5.75 Å². The van der Waals surface area contributed by atoms with Gasteiger partial charge < -0.3 is 9.15 Å². The van der Waals surface area contributed by atoms with Gasteiger partial charge in [0.15, 0.2) is 0 Å². The third-order valence-corrected chi connectivity index (χ3v) is 4.27. The first-order chi connectivity index (χ1) is 11.2. The molecule has 0 spiro atoms. The van der Waals surface area contributed by atoms with Gasteiger partial charge in [-0.3, -0.25) is 0 Å². The Labute approximate surface area is 147 Å². The van der Waals surface area contributed by atoms with Crippen molar-refractivity contribution in [3.05, 3.63) is 58.6 Å². The number of halogens is 2. The Morgan fingerprint density at radius 2 is 1.78 bits per heavy atom. The minimum absolute atomic E-state index is 0.414. The second-order valence-corrected chi connectivity index (χ2v) is 6.39. The van der Waals surface area contributed by atoms with Gasteiger partial charge in [-0.25, -0.2) is 0 Å². The molecule has 2 aromatic carbocycles. The minimum Gasteiger partial charge on any atom is -0.493 e. The van der Waals surface area contributed by atoms with Gasteiger partial charge in [0.05, 0.1) is 17.2 Å². The topological polar surface area (TPSA) is 48.2 Å². The number of rotatable bonds is 6. The van der Waals surface area contributed by atoms with Crippen molar-refractivity contribution >= 4 is 35.0 Å². The molecule has 0 saturated carbocycles. The molecule has 4 nitrogen and oxygen atoms in total. The zero-order valence-corrected chi connectivity index (χ0v) is 14.2. The highest BCUT2D eigenvalue weighted by Crippen LogP contribution is 2.28. The van der Waals surface area contributed by atoms with Crippen LogP contribution in [0.15, 0.2) is 58.2 Å². The highest BCUT2D eigenvalue weighted by atomic mass is 35.5. The summed E-state index contributed by atoms with van der Waals surface area (Å²) in [4.78, 5) is 0. The van der Waals surface area contributed by atoms with Crippen LogP contribution in [0.4, 0.5) is 0 Å². The van der Waals surface area contributed by atoms with Gasteiger partial charge >= 0.3 is 0 Å². The number of aromatic nitrogens is 2. The second kappa shape index (κ2) is 7.73. The average molecular weight is 367 g/mol. The van der Waals surface area contributed by atoms with Crippen molar-refractivity contribution in [3.8, 4) is 17.2 Å². The van der Waals surface area contributed by atoms with Gasteiger partial charge in [0.2, 0.25) is 5.89 Å². The molecule has 23 heavy (non-hydrogen) atoms.